The van der Waals surface area contributed by atoms with E-state index in [-0.39, 0.29) is 0 Å². The molecule has 0 aliphatic rings. The molecule has 2 heterocycles. The fourth-order valence-corrected chi connectivity index (χ4v) is 9.46. The minimum absolute atomic E-state index is 0.900. The van der Waals surface area contributed by atoms with Crippen molar-refractivity contribution in [2.75, 3.05) is 4.90 Å². The van der Waals surface area contributed by atoms with Crippen LogP contribution >= 0.6 is 0 Å². The second-order valence-electron chi connectivity index (χ2n) is 16.1. The molecule has 0 N–H and O–H groups in total. The van der Waals surface area contributed by atoms with Crippen LogP contribution in [0, 0.1) is 0 Å². The second-order valence-corrected chi connectivity index (χ2v) is 16.1. The van der Waals surface area contributed by atoms with Gasteiger partial charge in [-0.15, -0.1) is 0 Å². The summed E-state index contributed by atoms with van der Waals surface area (Å²) in [4.78, 5) is 2.38. The summed E-state index contributed by atoms with van der Waals surface area (Å²) in [6, 6.07) is 87.0. The molecule has 12 rings (SSSR count). The average Bonchev–Trinajstić information content (AvgIpc) is 3.91. The van der Waals surface area contributed by atoms with E-state index in [1.807, 2.05) is 12.1 Å². The van der Waals surface area contributed by atoms with Crippen LogP contribution in [0.4, 0.5) is 17.1 Å². The lowest BCUT2D eigenvalue weighted by Crippen LogP contribution is -2.11. The SMILES string of the molecule is c1ccc(-c2ccc(-c3ccccc3N(c3ccc(-c4ccccc4-n4c5ccccc5c5ccccc54)cc3)c3ccc(-c4cccc5c4oc4ccccc45)cc3)cc2)cc1. The maximum absolute atomic E-state index is 6.47. The zero-order valence-electron chi connectivity index (χ0n) is 34.4. The van der Waals surface area contributed by atoms with Crippen molar-refractivity contribution in [3.63, 3.8) is 0 Å². The third-order valence-corrected chi connectivity index (χ3v) is 12.5. The van der Waals surface area contributed by atoms with Crippen molar-refractivity contribution in [1.82, 2.24) is 4.57 Å². The van der Waals surface area contributed by atoms with Crippen LogP contribution < -0.4 is 4.90 Å². The van der Waals surface area contributed by atoms with Crippen LogP contribution in [0.25, 0.3) is 93.9 Å². The Morgan fingerprint density at radius 3 is 1.46 bits per heavy atom. The van der Waals surface area contributed by atoms with Crippen LogP contribution in [-0.2, 0) is 0 Å². The first-order chi connectivity index (χ1) is 31.3. The average molecular weight is 805 g/mol. The fourth-order valence-electron chi connectivity index (χ4n) is 9.46. The molecule has 0 spiro atoms. The Morgan fingerprint density at radius 2 is 0.762 bits per heavy atom. The molecule has 63 heavy (non-hydrogen) atoms. The van der Waals surface area contributed by atoms with E-state index in [0.29, 0.717) is 0 Å². The number of hydrogen-bond donors (Lipinski definition) is 0. The van der Waals surface area contributed by atoms with Gasteiger partial charge in [0.15, 0.2) is 0 Å². The highest BCUT2D eigenvalue weighted by atomic mass is 16.3. The van der Waals surface area contributed by atoms with Gasteiger partial charge >= 0.3 is 0 Å². The van der Waals surface area contributed by atoms with Gasteiger partial charge in [-0.2, -0.15) is 0 Å². The Morgan fingerprint density at radius 1 is 0.302 bits per heavy atom. The summed E-state index contributed by atoms with van der Waals surface area (Å²) < 4.78 is 8.88. The molecule has 0 saturated heterocycles. The highest BCUT2D eigenvalue weighted by molar-refractivity contribution is 6.11. The van der Waals surface area contributed by atoms with Gasteiger partial charge in [-0.3, -0.25) is 0 Å². The number of nitrogens with zero attached hydrogens (tertiary/aromatic N) is 2. The first-order valence-electron chi connectivity index (χ1n) is 21.5. The highest BCUT2D eigenvalue weighted by Crippen LogP contribution is 2.44. The largest absolute Gasteiger partial charge is 0.455 e. The van der Waals surface area contributed by atoms with Crippen molar-refractivity contribution in [2.24, 2.45) is 0 Å². The maximum Gasteiger partial charge on any atom is 0.143 e. The molecule has 0 amide bonds. The van der Waals surface area contributed by atoms with E-state index in [1.54, 1.807) is 0 Å². The summed E-state index contributed by atoms with van der Waals surface area (Å²) in [6.45, 7) is 0. The van der Waals surface area contributed by atoms with Crippen LogP contribution in [0.5, 0.6) is 0 Å². The Bertz CT molecular complexity index is 3550. The molecule has 0 aliphatic carbocycles. The van der Waals surface area contributed by atoms with Crippen LogP contribution in [0.1, 0.15) is 0 Å². The Labute approximate surface area is 366 Å². The smallest absolute Gasteiger partial charge is 0.143 e. The lowest BCUT2D eigenvalue weighted by atomic mass is 9.97. The molecule has 0 saturated carbocycles. The van der Waals surface area contributed by atoms with Crippen LogP contribution in [0.15, 0.2) is 247 Å². The van der Waals surface area contributed by atoms with Crippen molar-refractivity contribution in [1.29, 1.82) is 0 Å². The minimum atomic E-state index is 0.900. The first-order valence-corrected chi connectivity index (χ1v) is 21.5. The van der Waals surface area contributed by atoms with Crippen molar-refractivity contribution < 1.29 is 4.42 Å². The lowest BCUT2D eigenvalue weighted by molar-refractivity contribution is 0.670. The Hall–Kier alpha value is -8.40. The summed E-state index contributed by atoms with van der Waals surface area (Å²) in [5, 5.41) is 4.76. The van der Waals surface area contributed by atoms with Crippen molar-refractivity contribution in [2.45, 2.75) is 0 Å². The predicted molar refractivity (Wildman–Crippen MR) is 264 cm³/mol. The van der Waals surface area contributed by atoms with Crippen LogP contribution in [0.2, 0.25) is 0 Å². The number of anilines is 3. The van der Waals surface area contributed by atoms with Crippen LogP contribution in [0.3, 0.4) is 0 Å². The molecule has 0 bridgehead atoms. The topological polar surface area (TPSA) is 21.3 Å². The number of benzene rings is 10. The van der Waals surface area contributed by atoms with E-state index in [4.69, 9.17) is 4.42 Å². The van der Waals surface area contributed by atoms with Gasteiger partial charge in [0.2, 0.25) is 0 Å². The zero-order valence-corrected chi connectivity index (χ0v) is 34.4. The minimum Gasteiger partial charge on any atom is -0.455 e. The molecule has 12 aromatic rings. The summed E-state index contributed by atoms with van der Waals surface area (Å²) in [5.41, 5.74) is 17.8. The van der Waals surface area contributed by atoms with E-state index < -0.39 is 0 Å². The molecular weight excluding hydrogens is 765 g/mol. The molecule has 0 unspecified atom stereocenters. The van der Waals surface area contributed by atoms with Crippen molar-refractivity contribution in [3.8, 4) is 50.2 Å². The molecule has 0 fully saturated rings. The number of hydrogen-bond acceptors (Lipinski definition) is 2. The normalized spacial score (nSPS) is 11.5. The lowest BCUT2D eigenvalue weighted by Gasteiger charge is -2.28. The molecule has 0 aliphatic heterocycles. The Kier molecular flexibility index (Phi) is 8.83. The summed E-state index contributed by atoms with van der Waals surface area (Å²) >= 11 is 0. The number of para-hydroxylation sites is 6. The van der Waals surface area contributed by atoms with Gasteiger partial charge < -0.3 is 13.9 Å². The maximum atomic E-state index is 6.47. The first kappa shape index (κ1) is 36.5. The van der Waals surface area contributed by atoms with E-state index in [9.17, 15) is 0 Å². The van der Waals surface area contributed by atoms with Crippen molar-refractivity contribution in [3.05, 3.63) is 243 Å². The molecule has 3 nitrogen and oxygen atoms in total. The van der Waals surface area contributed by atoms with Gasteiger partial charge in [-0.1, -0.05) is 188 Å². The second kappa shape index (κ2) is 15.3. The number of rotatable bonds is 8. The molecule has 0 atom stereocenters. The fraction of sp³-hybridized carbons (Fsp3) is 0. The van der Waals surface area contributed by atoms with Gasteiger partial charge in [0.1, 0.15) is 11.2 Å². The molecule has 3 heteroatoms. The third-order valence-electron chi connectivity index (χ3n) is 12.5. The number of aromatic nitrogens is 1. The van der Waals surface area contributed by atoms with E-state index in [1.165, 1.54) is 38.5 Å². The number of fused-ring (bicyclic) bond motifs is 6. The van der Waals surface area contributed by atoms with Crippen LogP contribution in [-0.4, -0.2) is 4.57 Å². The van der Waals surface area contributed by atoms with Crippen molar-refractivity contribution >= 4 is 60.8 Å². The quantitative estimate of drug-likeness (QED) is 0.153. The molecule has 10 aromatic carbocycles. The van der Waals surface area contributed by atoms with E-state index in [0.717, 1.165) is 72.5 Å². The van der Waals surface area contributed by atoms with E-state index >= 15 is 0 Å². The van der Waals surface area contributed by atoms with Gasteiger partial charge in [0.25, 0.3) is 0 Å². The summed E-state index contributed by atoms with van der Waals surface area (Å²) in [7, 11) is 0. The third kappa shape index (κ3) is 6.29. The van der Waals surface area contributed by atoms with Gasteiger partial charge in [0.05, 0.1) is 22.4 Å². The van der Waals surface area contributed by atoms with E-state index in [2.05, 4.69) is 240 Å². The summed E-state index contributed by atoms with van der Waals surface area (Å²) in [6.07, 6.45) is 0. The Balaban J connectivity index is 0.979. The zero-order chi connectivity index (χ0) is 41.7. The standard InChI is InChI=1S/C60H40N2O/c1-2-15-41(16-3-1)42-29-31-43(32-30-42)48-17-4-9-24-55(48)61(47-39-35-45(36-40-47)50-22-14-23-54-53-21-8-13-28-59(53)63-60(50)54)46-37-33-44(34-38-46)49-18-5-10-25-56(49)62-57-26-11-6-19-51(57)52-20-7-12-27-58(52)62/h1-40H. The monoisotopic (exact) mass is 804 g/mol. The molecule has 296 valence electrons. The molecular formula is C60H40N2O. The van der Waals surface area contributed by atoms with Gasteiger partial charge in [-0.25, -0.2) is 0 Å². The highest BCUT2D eigenvalue weighted by Gasteiger charge is 2.20. The molecule has 0 radical (unpaired) electrons. The number of furan rings is 1. The molecule has 2 aromatic heterocycles. The summed E-state index contributed by atoms with van der Waals surface area (Å²) in [5.74, 6) is 0. The predicted octanol–water partition coefficient (Wildman–Crippen LogP) is 16.8. The van der Waals surface area contributed by atoms with Gasteiger partial charge in [-0.05, 0) is 82.4 Å². The van der Waals surface area contributed by atoms with Gasteiger partial charge in [0, 0.05) is 49.6 Å².